The van der Waals surface area contributed by atoms with Crippen LogP contribution in [0.25, 0.3) is 0 Å². The Labute approximate surface area is 279 Å². The Kier molecular flexibility index (Phi) is 12.3. The Hall–Kier alpha value is -3.56. The highest BCUT2D eigenvalue weighted by Crippen LogP contribution is 2.30. The largest absolute Gasteiger partial charge is 0.354 e. The first-order valence-electron chi connectivity index (χ1n) is 14.5. The lowest BCUT2D eigenvalue weighted by molar-refractivity contribution is -0.140. The number of amides is 2. The molecule has 11 heteroatoms. The third kappa shape index (κ3) is 9.47. The molecule has 0 fully saturated rings. The highest BCUT2D eigenvalue weighted by atomic mass is 35.5. The van der Waals surface area contributed by atoms with Crippen molar-refractivity contribution in [2.75, 3.05) is 17.4 Å². The van der Waals surface area contributed by atoms with E-state index < -0.39 is 28.5 Å². The van der Waals surface area contributed by atoms with Crippen LogP contribution in [0, 0.1) is 0 Å². The number of rotatable bonds is 14. The molecular formula is C34H34Cl3N3O4S. The monoisotopic (exact) mass is 685 g/mol. The van der Waals surface area contributed by atoms with Gasteiger partial charge in [0.15, 0.2) is 0 Å². The van der Waals surface area contributed by atoms with Gasteiger partial charge in [-0.25, -0.2) is 8.42 Å². The fraction of sp³-hybridized carbons (Fsp3) is 0.235. The molecule has 0 aromatic heterocycles. The van der Waals surface area contributed by atoms with Crippen molar-refractivity contribution < 1.29 is 18.0 Å². The number of carbonyl (C=O) groups is 2. The predicted molar refractivity (Wildman–Crippen MR) is 181 cm³/mol. The standard InChI is InChI=1S/C34H34Cl3N3O4S/c1-2-3-17-38-34(42)32(19-25-11-6-4-7-12-25)39(23-26-13-10-14-27(35)18-26)33(41)24-40(30-21-28(36)20-29(37)22-30)45(43,44)31-15-8-5-9-16-31/h4-16,18,20-22,32H,2-3,17,19,23-24H2,1H3,(H,38,42)/t32-/m1/s1. The van der Waals surface area contributed by atoms with E-state index in [9.17, 15) is 18.0 Å². The summed E-state index contributed by atoms with van der Waals surface area (Å²) in [7, 11) is -4.27. The second kappa shape index (κ2) is 16.1. The number of hydrogen-bond acceptors (Lipinski definition) is 4. The third-order valence-corrected chi connectivity index (χ3v) is 9.55. The molecule has 0 spiro atoms. The van der Waals surface area contributed by atoms with Crippen molar-refractivity contribution in [3.05, 3.63) is 129 Å². The number of nitrogens with zero attached hydrogens (tertiary/aromatic N) is 2. The molecule has 1 N–H and O–H groups in total. The molecule has 236 valence electrons. The first-order chi connectivity index (χ1) is 21.6. The molecule has 0 unspecified atom stereocenters. The zero-order valence-electron chi connectivity index (χ0n) is 24.7. The lowest BCUT2D eigenvalue weighted by Gasteiger charge is -2.34. The SMILES string of the molecule is CCCCNC(=O)[C@@H](Cc1ccccc1)N(Cc1cccc(Cl)c1)C(=O)CN(c1cc(Cl)cc(Cl)c1)S(=O)(=O)c1ccccc1. The molecule has 1 atom stereocenters. The van der Waals surface area contributed by atoms with Gasteiger partial charge < -0.3 is 10.2 Å². The Balaban J connectivity index is 1.81. The van der Waals surface area contributed by atoms with E-state index in [1.54, 1.807) is 42.5 Å². The summed E-state index contributed by atoms with van der Waals surface area (Å²) in [5, 5.41) is 3.83. The van der Waals surface area contributed by atoms with E-state index in [0.29, 0.717) is 17.1 Å². The number of nitrogens with one attached hydrogen (secondary N) is 1. The van der Waals surface area contributed by atoms with Gasteiger partial charge in [-0.3, -0.25) is 13.9 Å². The molecule has 0 bridgehead atoms. The van der Waals surface area contributed by atoms with E-state index in [-0.39, 0.29) is 39.5 Å². The van der Waals surface area contributed by atoms with Crippen molar-refractivity contribution in [1.29, 1.82) is 0 Å². The molecule has 0 radical (unpaired) electrons. The van der Waals surface area contributed by atoms with Crippen molar-refractivity contribution >= 4 is 62.3 Å². The number of anilines is 1. The van der Waals surface area contributed by atoms with Crippen molar-refractivity contribution in [3.63, 3.8) is 0 Å². The van der Waals surface area contributed by atoms with Gasteiger partial charge in [-0.1, -0.05) is 109 Å². The maximum Gasteiger partial charge on any atom is 0.264 e. The summed E-state index contributed by atoms with van der Waals surface area (Å²) >= 11 is 18.9. The first-order valence-corrected chi connectivity index (χ1v) is 17.1. The van der Waals surface area contributed by atoms with Crippen molar-refractivity contribution in [1.82, 2.24) is 10.2 Å². The minimum atomic E-state index is -4.27. The summed E-state index contributed by atoms with van der Waals surface area (Å²) in [6, 6.07) is 27.5. The van der Waals surface area contributed by atoms with Gasteiger partial charge in [-0.15, -0.1) is 0 Å². The molecule has 0 saturated carbocycles. The van der Waals surface area contributed by atoms with Crippen LogP contribution in [0.2, 0.25) is 15.1 Å². The van der Waals surface area contributed by atoms with Gasteiger partial charge in [0, 0.05) is 34.6 Å². The summed E-state index contributed by atoms with van der Waals surface area (Å²) in [6.45, 7) is 1.84. The molecule has 2 amide bonds. The van der Waals surface area contributed by atoms with E-state index in [1.807, 2.05) is 37.3 Å². The number of carbonyl (C=O) groups excluding carboxylic acids is 2. The molecule has 4 aromatic carbocycles. The smallest absolute Gasteiger partial charge is 0.264 e. The van der Waals surface area contributed by atoms with Gasteiger partial charge >= 0.3 is 0 Å². The van der Waals surface area contributed by atoms with Gasteiger partial charge in [0.25, 0.3) is 10.0 Å². The third-order valence-electron chi connectivity index (χ3n) is 7.09. The average molecular weight is 687 g/mol. The van der Waals surface area contributed by atoms with Gasteiger partial charge in [0.2, 0.25) is 11.8 Å². The lowest BCUT2D eigenvalue weighted by Crippen LogP contribution is -2.53. The fourth-order valence-electron chi connectivity index (χ4n) is 4.82. The molecule has 4 rings (SSSR count). The van der Waals surface area contributed by atoms with Crippen LogP contribution in [0.4, 0.5) is 5.69 Å². The molecule has 0 heterocycles. The second-order valence-corrected chi connectivity index (χ2v) is 13.6. The topological polar surface area (TPSA) is 86.8 Å². The minimum Gasteiger partial charge on any atom is -0.354 e. The molecule has 4 aromatic rings. The summed E-state index contributed by atoms with van der Waals surface area (Å²) in [5.41, 5.74) is 1.63. The minimum absolute atomic E-state index is 0.00756. The molecule has 45 heavy (non-hydrogen) atoms. The molecule has 7 nitrogen and oxygen atoms in total. The van der Waals surface area contributed by atoms with E-state index >= 15 is 0 Å². The van der Waals surface area contributed by atoms with E-state index in [2.05, 4.69) is 5.32 Å². The molecule has 0 aliphatic carbocycles. The molecule has 0 aliphatic rings. The Bertz CT molecular complexity index is 1690. The Morgan fingerprint density at radius 3 is 2.02 bits per heavy atom. The lowest BCUT2D eigenvalue weighted by atomic mass is 10.0. The fourth-order valence-corrected chi connectivity index (χ4v) is 6.97. The zero-order valence-corrected chi connectivity index (χ0v) is 27.8. The molecule has 0 saturated heterocycles. The van der Waals surface area contributed by atoms with Crippen LogP contribution in [-0.2, 0) is 32.6 Å². The van der Waals surface area contributed by atoms with Crippen LogP contribution in [0.3, 0.4) is 0 Å². The number of hydrogen-bond donors (Lipinski definition) is 1. The van der Waals surface area contributed by atoms with Crippen molar-refractivity contribution in [3.8, 4) is 0 Å². The van der Waals surface area contributed by atoms with Crippen molar-refractivity contribution in [2.24, 2.45) is 0 Å². The summed E-state index contributed by atoms with van der Waals surface area (Å²) in [4.78, 5) is 29.7. The second-order valence-electron chi connectivity index (χ2n) is 10.5. The van der Waals surface area contributed by atoms with Gasteiger partial charge in [-0.05, 0) is 60.0 Å². The van der Waals surface area contributed by atoms with Crippen LogP contribution < -0.4 is 9.62 Å². The number of sulfonamides is 1. The quantitative estimate of drug-likeness (QED) is 0.140. The normalized spacial score (nSPS) is 11.9. The van der Waals surface area contributed by atoms with Gasteiger partial charge in [0.1, 0.15) is 12.6 Å². The molecular weight excluding hydrogens is 653 g/mol. The van der Waals surface area contributed by atoms with Crippen LogP contribution in [0.5, 0.6) is 0 Å². The average Bonchev–Trinajstić information content (AvgIpc) is 3.02. The highest BCUT2D eigenvalue weighted by molar-refractivity contribution is 7.92. The maximum atomic E-state index is 14.5. The van der Waals surface area contributed by atoms with Crippen LogP contribution in [0.1, 0.15) is 30.9 Å². The Morgan fingerprint density at radius 2 is 1.40 bits per heavy atom. The zero-order chi connectivity index (χ0) is 32.4. The summed E-state index contributed by atoms with van der Waals surface area (Å²) < 4.78 is 29.1. The van der Waals surface area contributed by atoms with Crippen molar-refractivity contribution in [2.45, 2.75) is 43.7 Å². The van der Waals surface area contributed by atoms with Gasteiger partial charge in [-0.2, -0.15) is 0 Å². The van der Waals surface area contributed by atoms with Crippen LogP contribution in [-0.4, -0.2) is 44.3 Å². The molecule has 0 aliphatic heterocycles. The van der Waals surface area contributed by atoms with E-state index in [0.717, 1.165) is 22.7 Å². The number of unbranched alkanes of at least 4 members (excludes halogenated alkanes) is 1. The van der Waals surface area contributed by atoms with Gasteiger partial charge in [0.05, 0.1) is 10.6 Å². The maximum absolute atomic E-state index is 14.5. The summed E-state index contributed by atoms with van der Waals surface area (Å²) in [5.74, 6) is -0.942. The number of halogens is 3. The van der Waals surface area contributed by atoms with E-state index in [1.165, 1.54) is 35.2 Å². The summed E-state index contributed by atoms with van der Waals surface area (Å²) in [6.07, 6.45) is 1.85. The van der Waals surface area contributed by atoms with Crippen LogP contribution in [0.15, 0.2) is 108 Å². The first kappa shape index (κ1) is 34.3. The highest BCUT2D eigenvalue weighted by Gasteiger charge is 2.34. The predicted octanol–water partition coefficient (Wildman–Crippen LogP) is 7.40. The number of benzene rings is 4. The van der Waals surface area contributed by atoms with Crippen LogP contribution >= 0.6 is 34.8 Å². The Morgan fingerprint density at radius 1 is 0.778 bits per heavy atom. The van der Waals surface area contributed by atoms with E-state index in [4.69, 9.17) is 34.8 Å².